The van der Waals surface area contributed by atoms with E-state index in [1.807, 2.05) is 12.1 Å². The van der Waals surface area contributed by atoms with Crippen LogP contribution < -0.4 is 10.5 Å². The Morgan fingerprint density at radius 3 is 2.43 bits per heavy atom. The van der Waals surface area contributed by atoms with Crippen LogP contribution in [-0.4, -0.2) is 26.0 Å². The average Bonchev–Trinajstić information content (AvgIpc) is 3.10. The fourth-order valence-corrected chi connectivity index (χ4v) is 3.21. The van der Waals surface area contributed by atoms with E-state index in [0.29, 0.717) is 29.4 Å². The highest BCUT2D eigenvalue weighted by Gasteiger charge is 2.11. The molecule has 1 heterocycles. The molecule has 7 nitrogen and oxygen atoms in total. The highest BCUT2D eigenvalue weighted by atomic mass is 35.5. The minimum absolute atomic E-state index is 0.0582. The Kier molecular flexibility index (Phi) is 6.13. The molecule has 0 atom stereocenters. The van der Waals surface area contributed by atoms with Gasteiger partial charge in [-0.2, -0.15) is 0 Å². The summed E-state index contributed by atoms with van der Waals surface area (Å²) in [4.78, 5) is 12.1. The van der Waals surface area contributed by atoms with Crippen molar-refractivity contribution in [3.8, 4) is 11.3 Å². The predicted molar refractivity (Wildman–Crippen MR) is 105 cm³/mol. The normalized spacial score (nSPS) is 11.4. The zero-order valence-electron chi connectivity index (χ0n) is 14.8. The van der Waals surface area contributed by atoms with Crippen molar-refractivity contribution in [2.24, 2.45) is 5.14 Å². The van der Waals surface area contributed by atoms with Crippen molar-refractivity contribution in [1.82, 2.24) is 10.5 Å². The van der Waals surface area contributed by atoms with E-state index < -0.39 is 10.0 Å². The first kappa shape index (κ1) is 20.1. The summed E-state index contributed by atoms with van der Waals surface area (Å²) in [6.45, 7) is 0.412. The van der Waals surface area contributed by atoms with Gasteiger partial charge in [-0.3, -0.25) is 4.79 Å². The second-order valence-electron chi connectivity index (χ2n) is 6.16. The van der Waals surface area contributed by atoms with E-state index in [-0.39, 0.29) is 17.2 Å². The van der Waals surface area contributed by atoms with Gasteiger partial charge in [-0.25, -0.2) is 13.6 Å². The number of hydrogen-bond donors (Lipinski definition) is 2. The molecule has 0 aliphatic rings. The third kappa shape index (κ3) is 5.41. The van der Waals surface area contributed by atoms with Gasteiger partial charge in [-0.1, -0.05) is 28.9 Å². The number of primary sulfonamides is 1. The molecule has 0 fully saturated rings. The first-order valence-corrected chi connectivity index (χ1v) is 10.3. The first-order chi connectivity index (χ1) is 13.3. The minimum Gasteiger partial charge on any atom is -0.356 e. The second kappa shape index (κ2) is 8.55. The summed E-state index contributed by atoms with van der Waals surface area (Å²) in [6.07, 6.45) is 0.660. The number of benzene rings is 2. The van der Waals surface area contributed by atoms with Crippen LogP contribution in [0.2, 0.25) is 5.02 Å². The van der Waals surface area contributed by atoms with Gasteiger partial charge in [0.2, 0.25) is 15.9 Å². The maximum Gasteiger partial charge on any atom is 0.238 e. The van der Waals surface area contributed by atoms with Crippen molar-refractivity contribution < 1.29 is 17.7 Å². The Labute approximate surface area is 167 Å². The Morgan fingerprint density at radius 1 is 1.11 bits per heavy atom. The fourth-order valence-electron chi connectivity index (χ4n) is 2.56. The number of sulfonamides is 1. The SMILES string of the molecule is NS(=O)(=O)c1ccc(CCNC(=O)Cc2cc(-c3ccc(Cl)cc3)on2)cc1. The second-order valence-corrected chi connectivity index (χ2v) is 8.15. The number of hydrogen-bond acceptors (Lipinski definition) is 5. The van der Waals surface area contributed by atoms with Crippen LogP contribution in [0.5, 0.6) is 0 Å². The van der Waals surface area contributed by atoms with Crippen molar-refractivity contribution in [2.75, 3.05) is 6.54 Å². The lowest BCUT2D eigenvalue weighted by Gasteiger charge is -2.05. The van der Waals surface area contributed by atoms with Crippen LogP contribution >= 0.6 is 11.6 Å². The van der Waals surface area contributed by atoms with E-state index in [9.17, 15) is 13.2 Å². The van der Waals surface area contributed by atoms with Gasteiger partial charge in [0.15, 0.2) is 5.76 Å². The molecule has 3 aromatic rings. The average molecular weight is 420 g/mol. The molecule has 1 amide bonds. The standard InChI is InChI=1S/C19H18ClN3O4S/c20-15-5-3-14(4-6-15)18-11-16(23-27-18)12-19(24)22-10-9-13-1-7-17(8-2-13)28(21,25)26/h1-8,11H,9-10,12H2,(H,22,24)(H2,21,25,26). The van der Waals surface area contributed by atoms with Gasteiger partial charge in [0.25, 0.3) is 0 Å². The minimum atomic E-state index is -3.70. The number of nitrogens with two attached hydrogens (primary N) is 1. The van der Waals surface area contributed by atoms with E-state index in [0.717, 1.165) is 11.1 Å². The predicted octanol–water partition coefficient (Wildman–Crippen LogP) is 2.54. The monoisotopic (exact) mass is 419 g/mol. The fraction of sp³-hybridized carbons (Fsp3) is 0.158. The van der Waals surface area contributed by atoms with Gasteiger partial charge < -0.3 is 9.84 Å². The van der Waals surface area contributed by atoms with Crippen LogP contribution in [0.1, 0.15) is 11.3 Å². The number of halogens is 1. The van der Waals surface area contributed by atoms with Crippen LogP contribution in [0.4, 0.5) is 0 Å². The van der Waals surface area contributed by atoms with Gasteiger partial charge in [0.1, 0.15) is 0 Å². The summed E-state index contributed by atoms with van der Waals surface area (Å²) in [5.74, 6) is 0.381. The van der Waals surface area contributed by atoms with Crippen LogP contribution in [0, 0.1) is 0 Å². The lowest BCUT2D eigenvalue weighted by molar-refractivity contribution is -0.120. The summed E-state index contributed by atoms with van der Waals surface area (Å²) >= 11 is 5.86. The number of rotatable bonds is 7. The Balaban J connectivity index is 1.49. The lowest BCUT2D eigenvalue weighted by atomic mass is 10.1. The topological polar surface area (TPSA) is 115 Å². The Bertz CT molecular complexity index is 1060. The molecule has 0 unspecified atom stereocenters. The Hall–Kier alpha value is -2.68. The molecule has 146 valence electrons. The highest BCUT2D eigenvalue weighted by Crippen LogP contribution is 2.22. The molecule has 0 aliphatic carbocycles. The maximum absolute atomic E-state index is 12.1. The molecule has 0 bridgehead atoms. The van der Waals surface area contributed by atoms with E-state index >= 15 is 0 Å². The van der Waals surface area contributed by atoms with Gasteiger partial charge >= 0.3 is 0 Å². The summed E-state index contributed by atoms with van der Waals surface area (Å²) in [6, 6.07) is 15.1. The molecule has 0 spiro atoms. The molecule has 28 heavy (non-hydrogen) atoms. The van der Waals surface area contributed by atoms with Crippen LogP contribution in [0.15, 0.2) is 64.0 Å². The summed E-state index contributed by atoms with van der Waals surface area (Å²) in [5, 5.41) is 12.4. The third-order valence-corrected chi connectivity index (χ3v) is 5.20. The number of nitrogens with zero attached hydrogens (tertiary/aromatic N) is 1. The van der Waals surface area contributed by atoms with E-state index in [4.69, 9.17) is 21.3 Å². The van der Waals surface area contributed by atoms with Crippen LogP contribution in [0.25, 0.3) is 11.3 Å². The van der Waals surface area contributed by atoms with Crippen molar-refractivity contribution in [2.45, 2.75) is 17.7 Å². The molecule has 3 N–H and O–H groups in total. The number of aromatic nitrogens is 1. The van der Waals surface area contributed by atoms with Crippen molar-refractivity contribution >= 4 is 27.5 Å². The van der Waals surface area contributed by atoms with Crippen molar-refractivity contribution in [3.63, 3.8) is 0 Å². The van der Waals surface area contributed by atoms with Gasteiger partial charge in [-0.05, 0) is 48.4 Å². The summed E-state index contributed by atoms with van der Waals surface area (Å²) in [7, 11) is -3.70. The molecule has 3 rings (SSSR count). The zero-order valence-corrected chi connectivity index (χ0v) is 16.3. The lowest BCUT2D eigenvalue weighted by Crippen LogP contribution is -2.27. The molecule has 0 radical (unpaired) electrons. The van der Waals surface area contributed by atoms with Crippen molar-refractivity contribution in [3.05, 3.63) is 70.9 Å². The smallest absolute Gasteiger partial charge is 0.238 e. The van der Waals surface area contributed by atoms with E-state index in [1.165, 1.54) is 12.1 Å². The molecule has 9 heteroatoms. The zero-order chi connectivity index (χ0) is 20.1. The number of carbonyl (C=O) groups is 1. The maximum atomic E-state index is 12.1. The van der Waals surface area contributed by atoms with E-state index in [2.05, 4.69) is 10.5 Å². The quantitative estimate of drug-likeness (QED) is 0.610. The molecule has 0 aliphatic heterocycles. The third-order valence-electron chi connectivity index (χ3n) is 4.02. The highest BCUT2D eigenvalue weighted by molar-refractivity contribution is 7.89. The molecule has 0 saturated carbocycles. The van der Waals surface area contributed by atoms with Gasteiger partial charge in [0.05, 0.1) is 17.0 Å². The molecular weight excluding hydrogens is 402 g/mol. The first-order valence-electron chi connectivity index (χ1n) is 8.41. The largest absolute Gasteiger partial charge is 0.356 e. The van der Waals surface area contributed by atoms with Gasteiger partial charge in [-0.15, -0.1) is 0 Å². The van der Waals surface area contributed by atoms with Gasteiger partial charge in [0, 0.05) is 23.2 Å². The number of amides is 1. The molecule has 0 saturated heterocycles. The summed E-state index contributed by atoms with van der Waals surface area (Å²) in [5.41, 5.74) is 2.24. The number of nitrogens with one attached hydrogen (secondary N) is 1. The van der Waals surface area contributed by atoms with Crippen LogP contribution in [-0.2, 0) is 27.7 Å². The molecular formula is C19H18ClN3O4S. The van der Waals surface area contributed by atoms with Crippen LogP contribution in [0.3, 0.4) is 0 Å². The number of carbonyl (C=O) groups excluding carboxylic acids is 1. The van der Waals surface area contributed by atoms with E-state index in [1.54, 1.807) is 30.3 Å². The Morgan fingerprint density at radius 2 is 1.79 bits per heavy atom. The molecule has 1 aromatic heterocycles. The van der Waals surface area contributed by atoms with Crippen molar-refractivity contribution in [1.29, 1.82) is 0 Å². The summed E-state index contributed by atoms with van der Waals surface area (Å²) < 4.78 is 27.7. The molecule has 2 aromatic carbocycles.